The van der Waals surface area contributed by atoms with Crippen molar-refractivity contribution in [2.45, 2.75) is 19.3 Å². The first kappa shape index (κ1) is 24.2. The molecule has 2 aromatic heterocycles. The molecule has 202 valence electrons. The number of fused-ring (bicyclic) bond motifs is 6. The summed E-state index contributed by atoms with van der Waals surface area (Å²) in [5, 5.41) is 0.920. The second-order valence-electron chi connectivity index (χ2n) is 11.9. The lowest BCUT2D eigenvalue weighted by Crippen LogP contribution is -2.15. The van der Waals surface area contributed by atoms with E-state index in [1.165, 1.54) is 27.8 Å². The molecule has 43 heavy (non-hydrogen) atoms. The molecule has 0 fully saturated rings. The second kappa shape index (κ2) is 8.76. The van der Waals surface area contributed by atoms with E-state index in [1.807, 2.05) is 6.07 Å². The van der Waals surface area contributed by atoms with Crippen molar-refractivity contribution in [1.82, 2.24) is 19.9 Å². The molecule has 0 atom stereocenters. The van der Waals surface area contributed by atoms with Crippen LogP contribution in [0, 0.1) is 0 Å². The summed E-state index contributed by atoms with van der Waals surface area (Å²) in [6.07, 6.45) is 0. The normalized spacial score (nSPS) is 13.5. The molecule has 2 aliphatic rings. The van der Waals surface area contributed by atoms with Gasteiger partial charge >= 0.3 is 0 Å². The van der Waals surface area contributed by atoms with Crippen LogP contribution in [0.25, 0.3) is 78.6 Å². The highest BCUT2D eigenvalue weighted by molar-refractivity contribution is 6.11. The van der Waals surface area contributed by atoms with Gasteiger partial charge in [-0.25, -0.2) is 19.9 Å². The first-order valence-electron chi connectivity index (χ1n) is 14.7. The van der Waals surface area contributed by atoms with Gasteiger partial charge in [0.15, 0.2) is 17.3 Å². The lowest BCUT2D eigenvalue weighted by atomic mass is 9.82. The van der Waals surface area contributed by atoms with E-state index in [4.69, 9.17) is 19.9 Å². The van der Waals surface area contributed by atoms with Crippen LogP contribution < -0.4 is 0 Å². The number of hydrogen-bond donors (Lipinski definition) is 0. The van der Waals surface area contributed by atoms with E-state index in [-0.39, 0.29) is 5.41 Å². The van der Waals surface area contributed by atoms with Crippen molar-refractivity contribution < 1.29 is 0 Å². The van der Waals surface area contributed by atoms with Crippen molar-refractivity contribution in [3.63, 3.8) is 0 Å². The Balaban J connectivity index is 1.22. The third kappa shape index (κ3) is 3.50. The average molecular weight is 551 g/mol. The van der Waals surface area contributed by atoms with Gasteiger partial charge in [0.1, 0.15) is 0 Å². The molecular formula is C39H26N4. The predicted octanol–water partition coefficient (Wildman–Crippen LogP) is 9.37. The first-order valence-corrected chi connectivity index (χ1v) is 14.7. The molecule has 4 heteroatoms. The molecule has 0 saturated heterocycles. The van der Waals surface area contributed by atoms with E-state index in [2.05, 4.69) is 129 Å². The molecule has 5 aromatic carbocycles. The van der Waals surface area contributed by atoms with Gasteiger partial charge < -0.3 is 0 Å². The first-order chi connectivity index (χ1) is 21.1. The number of nitrogens with zero attached hydrogens (tertiary/aromatic N) is 4. The van der Waals surface area contributed by atoms with Crippen LogP contribution >= 0.6 is 0 Å². The van der Waals surface area contributed by atoms with Crippen LogP contribution in [-0.2, 0) is 5.41 Å². The third-order valence-electron chi connectivity index (χ3n) is 9.09. The van der Waals surface area contributed by atoms with Crippen LogP contribution in [0.2, 0.25) is 0 Å². The van der Waals surface area contributed by atoms with Gasteiger partial charge in [-0.15, -0.1) is 0 Å². The Morgan fingerprint density at radius 2 is 0.930 bits per heavy atom. The van der Waals surface area contributed by atoms with E-state index in [9.17, 15) is 0 Å². The predicted molar refractivity (Wildman–Crippen MR) is 173 cm³/mol. The standard InChI is InChI=1S/C39H26N4/c1-39(2)31-15-9-8-12-27(31)28-21-20-26(22-32(28)39)37-41-35-30-14-7-6-13-29(30)34-33(35)38(43-37)42-36(40-34)25-18-16-24(17-19-25)23-10-4-3-5-11-23/h3-22H,1-2H3. The zero-order chi connectivity index (χ0) is 28.7. The quantitative estimate of drug-likeness (QED) is 0.220. The molecule has 0 bridgehead atoms. The van der Waals surface area contributed by atoms with E-state index >= 15 is 0 Å². The van der Waals surface area contributed by atoms with Gasteiger partial charge in [0.2, 0.25) is 0 Å². The molecular weight excluding hydrogens is 524 g/mol. The number of rotatable bonds is 3. The van der Waals surface area contributed by atoms with Gasteiger partial charge in [-0.2, -0.15) is 0 Å². The molecule has 9 rings (SSSR count). The second-order valence-corrected chi connectivity index (χ2v) is 11.9. The third-order valence-corrected chi connectivity index (χ3v) is 9.09. The Kier molecular flexibility index (Phi) is 4.92. The van der Waals surface area contributed by atoms with E-state index in [1.54, 1.807) is 0 Å². The Morgan fingerprint density at radius 3 is 1.63 bits per heavy atom. The minimum Gasteiger partial charge on any atom is -0.227 e. The minimum atomic E-state index is -0.101. The summed E-state index contributed by atoms with van der Waals surface area (Å²) < 4.78 is 0. The number of aromatic nitrogens is 4. The van der Waals surface area contributed by atoms with E-state index in [0.717, 1.165) is 44.6 Å². The van der Waals surface area contributed by atoms with Crippen LogP contribution in [0.5, 0.6) is 0 Å². The fraction of sp³-hybridized carbons (Fsp3) is 0.0769. The van der Waals surface area contributed by atoms with Crippen LogP contribution in [0.3, 0.4) is 0 Å². The van der Waals surface area contributed by atoms with Gasteiger partial charge in [-0.05, 0) is 39.4 Å². The molecule has 0 radical (unpaired) electrons. The molecule has 4 nitrogen and oxygen atoms in total. The fourth-order valence-electron chi connectivity index (χ4n) is 6.86. The van der Waals surface area contributed by atoms with Crippen molar-refractivity contribution in [2.24, 2.45) is 0 Å². The van der Waals surface area contributed by atoms with Gasteiger partial charge in [-0.1, -0.05) is 129 Å². The summed E-state index contributed by atoms with van der Waals surface area (Å²) in [5.74, 6) is 1.35. The zero-order valence-corrected chi connectivity index (χ0v) is 23.8. The van der Waals surface area contributed by atoms with Crippen molar-refractivity contribution >= 4 is 11.0 Å². The minimum absolute atomic E-state index is 0.101. The van der Waals surface area contributed by atoms with Gasteiger partial charge in [0, 0.05) is 27.7 Å². The summed E-state index contributed by atoms with van der Waals surface area (Å²) >= 11 is 0. The number of benzene rings is 5. The van der Waals surface area contributed by atoms with E-state index < -0.39 is 0 Å². The van der Waals surface area contributed by atoms with Crippen LogP contribution in [0.4, 0.5) is 0 Å². The fourth-order valence-corrected chi connectivity index (χ4v) is 6.86. The van der Waals surface area contributed by atoms with Crippen LogP contribution in [0.15, 0.2) is 121 Å². The molecule has 2 aliphatic carbocycles. The summed E-state index contributed by atoms with van der Waals surface area (Å²) in [5.41, 5.74) is 14.1. The monoisotopic (exact) mass is 550 g/mol. The van der Waals surface area contributed by atoms with Crippen molar-refractivity contribution in [3.8, 4) is 67.5 Å². The summed E-state index contributed by atoms with van der Waals surface area (Å²) in [6, 6.07) is 42.6. The Hall–Kier alpha value is -5.48. The number of hydrogen-bond acceptors (Lipinski definition) is 4. The summed E-state index contributed by atoms with van der Waals surface area (Å²) in [6.45, 7) is 4.60. The molecule has 0 N–H and O–H groups in total. The van der Waals surface area contributed by atoms with Gasteiger partial charge in [0.05, 0.1) is 16.8 Å². The van der Waals surface area contributed by atoms with Crippen molar-refractivity contribution in [2.75, 3.05) is 0 Å². The molecule has 7 aromatic rings. The van der Waals surface area contributed by atoms with Gasteiger partial charge in [0.25, 0.3) is 0 Å². The Labute approximate surface area is 249 Å². The molecule has 0 unspecified atom stereocenters. The SMILES string of the molecule is CC1(C)c2ccccc2-c2ccc(-c3nc4c5c(nc(-c6ccc(-c7ccccc7)cc6)nc5n3)-c3ccccc3-4)cc21. The topological polar surface area (TPSA) is 51.6 Å². The summed E-state index contributed by atoms with van der Waals surface area (Å²) in [4.78, 5) is 20.4. The highest BCUT2D eigenvalue weighted by atomic mass is 15.0. The van der Waals surface area contributed by atoms with Gasteiger partial charge in [-0.3, -0.25) is 0 Å². The molecule has 0 amide bonds. The molecule has 0 aliphatic heterocycles. The molecule has 2 heterocycles. The van der Waals surface area contributed by atoms with Crippen molar-refractivity contribution in [3.05, 3.63) is 132 Å². The zero-order valence-electron chi connectivity index (χ0n) is 23.8. The van der Waals surface area contributed by atoms with Crippen LogP contribution in [0.1, 0.15) is 25.0 Å². The Morgan fingerprint density at radius 1 is 0.419 bits per heavy atom. The maximum atomic E-state index is 5.16. The lowest BCUT2D eigenvalue weighted by molar-refractivity contribution is 0.660. The highest BCUT2D eigenvalue weighted by Crippen LogP contribution is 2.50. The summed E-state index contributed by atoms with van der Waals surface area (Å²) in [7, 11) is 0. The smallest absolute Gasteiger partial charge is 0.168 e. The van der Waals surface area contributed by atoms with Crippen molar-refractivity contribution in [1.29, 1.82) is 0 Å². The molecule has 0 saturated carbocycles. The Bertz CT molecular complexity index is 2250. The lowest BCUT2D eigenvalue weighted by Gasteiger charge is -2.21. The average Bonchev–Trinajstić information content (AvgIpc) is 3.50. The highest BCUT2D eigenvalue weighted by Gasteiger charge is 2.35. The van der Waals surface area contributed by atoms with Crippen LogP contribution in [-0.4, -0.2) is 19.9 Å². The maximum absolute atomic E-state index is 5.16. The molecule has 0 spiro atoms. The largest absolute Gasteiger partial charge is 0.227 e. The maximum Gasteiger partial charge on any atom is 0.168 e. The van der Waals surface area contributed by atoms with E-state index in [0.29, 0.717) is 17.3 Å².